The third kappa shape index (κ3) is 3.62. The first-order valence-corrected chi connectivity index (χ1v) is 11.2. The Balaban J connectivity index is 1.43. The smallest absolute Gasteiger partial charge is 0.310 e. The Morgan fingerprint density at radius 1 is 1.39 bits per heavy atom. The fourth-order valence-electron chi connectivity index (χ4n) is 6.42. The molecule has 4 rings (SSSR count). The van der Waals surface area contributed by atoms with Crippen LogP contribution in [0.5, 0.6) is 0 Å². The summed E-state index contributed by atoms with van der Waals surface area (Å²) in [6, 6.07) is 0. The van der Waals surface area contributed by atoms with Gasteiger partial charge in [-0.3, -0.25) is 9.59 Å². The normalized spacial score (nSPS) is 41.1. The molecule has 0 spiro atoms. The molecule has 0 aromatic rings. The fraction of sp³-hybridized carbons (Fsp3) is 0.826. The lowest BCUT2D eigenvalue weighted by molar-refractivity contribution is -0.150. The van der Waals surface area contributed by atoms with E-state index in [-0.39, 0.29) is 35.3 Å². The summed E-state index contributed by atoms with van der Waals surface area (Å²) in [5.74, 6) is 0.573. The van der Waals surface area contributed by atoms with Gasteiger partial charge in [0.2, 0.25) is 0 Å². The average Bonchev–Trinajstić information content (AvgIpc) is 2.94. The number of piperidine rings is 1. The Bertz CT molecular complexity index is 647. The molecule has 4 aliphatic rings. The van der Waals surface area contributed by atoms with Crippen molar-refractivity contribution in [1.82, 2.24) is 4.90 Å². The molecule has 6 atom stereocenters. The maximum atomic E-state index is 12.8. The van der Waals surface area contributed by atoms with E-state index in [1.807, 2.05) is 6.92 Å². The molecule has 5 heteroatoms. The lowest BCUT2D eigenvalue weighted by Gasteiger charge is -2.50. The summed E-state index contributed by atoms with van der Waals surface area (Å²) in [5, 5.41) is 0. The molecule has 2 saturated heterocycles. The predicted octanol–water partition coefficient (Wildman–Crippen LogP) is 3.58. The van der Waals surface area contributed by atoms with Gasteiger partial charge in [-0.05, 0) is 69.7 Å². The molecule has 2 saturated carbocycles. The van der Waals surface area contributed by atoms with Crippen LogP contribution in [0.25, 0.3) is 0 Å². The van der Waals surface area contributed by atoms with Crippen molar-refractivity contribution in [3.63, 3.8) is 0 Å². The second-order valence-corrected chi connectivity index (χ2v) is 9.75. The molecule has 156 valence electrons. The molecule has 0 radical (unpaired) electrons. The van der Waals surface area contributed by atoms with Crippen LogP contribution in [0.15, 0.2) is 12.2 Å². The van der Waals surface area contributed by atoms with E-state index < -0.39 is 0 Å². The standard InChI is InChI=1S/C23H35NO4/c1-4-27-21(25)16-8-6-10-24(13-16)14-18-17-11-19-15(2)7-5-9-23(19,3)12-20(17)28-22(18)26/h16-20H,2,4-14H2,1,3H3/t16-,17-,18+,19-,20+,23+/m1/s1. The second-order valence-electron chi connectivity index (χ2n) is 9.75. The van der Waals surface area contributed by atoms with Gasteiger partial charge in [-0.2, -0.15) is 0 Å². The molecule has 0 aromatic heterocycles. The molecule has 28 heavy (non-hydrogen) atoms. The van der Waals surface area contributed by atoms with Crippen molar-refractivity contribution in [2.75, 3.05) is 26.2 Å². The van der Waals surface area contributed by atoms with Gasteiger partial charge in [0.1, 0.15) is 6.10 Å². The third-order valence-electron chi connectivity index (χ3n) is 7.90. The number of carbonyl (C=O) groups is 2. The van der Waals surface area contributed by atoms with Crippen LogP contribution in [0.2, 0.25) is 0 Å². The van der Waals surface area contributed by atoms with E-state index in [1.54, 1.807) is 0 Å². The summed E-state index contributed by atoms with van der Waals surface area (Å²) >= 11 is 0. The lowest BCUT2D eigenvalue weighted by atomic mass is 9.55. The molecule has 0 N–H and O–H groups in total. The highest BCUT2D eigenvalue weighted by molar-refractivity contribution is 5.76. The first-order valence-electron chi connectivity index (χ1n) is 11.2. The van der Waals surface area contributed by atoms with Gasteiger partial charge in [-0.15, -0.1) is 0 Å². The number of hydrogen-bond donors (Lipinski definition) is 0. The second kappa shape index (κ2) is 7.81. The largest absolute Gasteiger partial charge is 0.466 e. The monoisotopic (exact) mass is 389 g/mol. The number of esters is 2. The van der Waals surface area contributed by atoms with E-state index in [0.717, 1.165) is 38.6 Å². The van der Waals surface area contributed by atoms with Crippen molar-refractivity contribution in [2.24, 2.45) is 29.1 Å². The molecule has 2 aliphatic heterocycles. The van der Waals surface area contributed by atoms with Crippen LogP contribution in [0.1, 0.15) is 58.8 Å². The highest BCUT2D eigenvalue weighted by atomic mass is 16.6. The minimum Gasteiger partial charge on any atom is -0.466 e. The number of rotatable bonds is 4. The molecular weight excluding hydrogens is 354 g/mol. The van der Waals surface area contributed by atoms with Crippen LogP contribution in [0.3, 0.4) is 0 Å². The van der Waals surface area contributed by atoms with Gasteiger partial charge in [-0.25, -0.2) is 0 Å². The van der Waals surface area contributed by atoms with E-state index >= 15 is 0 Å². The number of likely N-dealkylation sites (tertiary alicyclic amines) is 1. The van der Waals surface area contributed by atoms with Crippen LogP contribution in [-0.4, -0.2) is 49.2 Å². The van der Waals surface area contributed by atoms with E-state index in [2.05, 4.69) is 18.4 Å². The Kier molecular flexibility index (Phi) is 5.56. The van der Waals surface area contributed by atoms with Crippen molar-refractivity contribution in [1.29, 1.82) is 0 Å². The van der Waals surface area contributed by atoms with Gasteiger partial charge in [-0.1, -0.05) is 19.1 Å². The zero-order chi connectivity index (χ0) is 19.9. The van der Waals surface area contributed by atoms with Crippen LogP contribution in [0.4, 0.5) is 0 Å². The maximum Gasteiger partial charge on any atom is 0.310 e. The van der Waals surface area contributed by atoms with Gasteiger partial charge in [0.15, 0.2) is 0 Å². The average molecular weight is 390 g/mol. The summed E-state index contributed by atoms with van der Waals surface area (Å²) < 4.78 is 11.1. The highest BCUT2D eigenvalue weighted by Crippen LogP contribution is 2.57. The zero-order valence-electron chi connectivity index (χ0n) is 17.5. The number of carbonyl (C=O) groups excluding carboxylic acids is 2. The Morgan fingerprint density at radius 2 is 2.21 bits per heavy atom. The molecule has 0 bridgehead atoms. The number of fused-ring (bicyclic) bond motifs is 2. The van der Waals surface area contributed by atoms with Gasteiger partial charge >= 0.3 is 11.9 Å². The van der Waals surface area contributed by atoms with Crippen LogP contribution in [-0.2, 0) is 19.1 Å². The Hall–Kier alpha value is -1.36. The van der Waals surface area contributed by atoms with Gasteiger partial charge in [0.25, 0.3) is 0 Å². The van der Waals surface area contributed by atoms with Gasteiger partial charge in [0, 0.05) is 19.0 Å². The summed E-state index contributed by atoms with van der Waals surface area (Å²) in [6.45, 7) is 11.4. The van der Waals surface area contributed by atoms with Crippen LogP contribution in [0, 0.1) is 29.1 Å². The number of hydrogen-bond acceptors (Lipinski definition) is 5. The van der Waals surface area contributed by atoms with Gasteiger partial charge in [0.05, 0.1) is 18.4 Å². The van der Waals surface area contributed by atoms with Crippen molar-refractivity contribution in [3.8, 4) is 0 Å². The summed E-state index contributed by atoms with van der Waals surface area (Å²) in [6.07, 6.45) is 7.51. The molecule has 0 unspecified atom stereocenters. The molecular formula is C23H35NO4. The SMILES string of the molecule is C=C1CCC[C@@]2(C)C[C@@H]3OC(=O)[C@@H](CN4CCC[C@@H](C(=O)OCC)C4)[C@H]3C[C@H]12. The molecule has 4 fully saturated rings. The summed E-state index contributed by atoms with van der Waals surface area (Å²) in [5.41, 5.74) is 1.62. The quantitative estimate of drug-likeness (QED) is 0.543. The predicted molar refractivity (Wildman–Crippen MR) is 106 cm³/mol. The van der Waals surface area contributed by atoms with Gasteiger partial charge < -0.3 is 14.4 Å². The fourth-order valence-corrected chi connectivity index (χ4v) is 6.42. The zero-order valence-corrected chi connectivity index (χ0v) is 17.5. The maximum absolute atomic E-state index is 12.8. The van der Waals surface area contributed by atoms with Crippen molar-refractivity contribution < 1.29 is 19.1 Å². The van der Waals surface area contributed by atoms with Crippen molar-refractivity contribution in [3.05, 3.63) is 12.2 Å². The molecule has 5 nitrogen and oxygen atoms in total. The van der Waals surface area contributed by atoms with E-state index in [1.165, 1.54) is 18.4 Å². The highest BCUT2D eigenvalue weighted by Gasteiger charge is 2.55. The van der Waals surface area contributed by atoms with Crippen LogP contribution < -0.4 is 0 Å². The molecule has 0 amide bonds. The molecule has 2 aliphatic carbocycles. The van der Waals surface area contributed by atoms with E-state index in [9.17, 15) is 9.59 Å². The number of allylic oxidation sites excluding steroid dienone is 1. The summed E-state index contributed by atoms with van der Waals surface area (Å²) in [4.78, 5) is 27.2. The minimum absolute atomic E-state index is 0.0267. The van der Waals surface area contributed by atoms with Crippen molar-refractivity contribution >= 4 is 11.9 Å². The molecule has 2 heterocycles. The minimum atomic E-state index is -0.0917. The third-order valence-corrected chi connectivity index (χ3v) is 7.90. The Morgan fingerprint density at radius 3 is 3.00 bits per heavy atom. The first-order chi connectivity index (χ1) is 13.4. The summed E-state index contributed by atoms with van der Waals surface area (Å²) in [7, 11) is 0. The topological polar surface area (TPSA) is 55.8 Å². The number of ether oxygens (including phenoxy) is 2. The van der Waals surface area contributed by atoms with Crippen LogP contribution >= 0.6 is 0 Å². The number of nitrogens with zero attached hydrogens (tertiary/aromatic N) is 1. The van der Waals surface area contributed by atoms with Crippen molar-refractivity contribution in [2.45, 2.75) is 64.9 Å². The first kappa shape index (κ1) is 19.9. The lowest BCUT2D eigenvalue weighted by Crippen LogP contribution is -2.47. The van der Waals surface area contributed by atoms with E-state index in [4.69, 9.17) is 9.47 Å². The molecule has 0 aromatic carbocycles. The Labute approximate surface area is 168 Å². The van der Waals surface area contributed by atoms with E-state index in [0.29, 0.717) is 31.5 Å².